The van der Waals surface area contributed by atoms with Crippen molar-refractivity contribution in [3.63, 3.8) is 0 Å². The van der Waals surface area contributed by atoms with E-state index < -0.39 is 6.16 Å². The molecule has 0 aliphatic carbocycles. The van der Waals surface area contributed by atoms with Crippen molar-refractivity contribution >= 4 is 6.16 Å². The maximum absolute atomic E-state index is 12.6. The molecule has 2 rings (SSSR count). The largest absolute Gasteiger partial charge is 0.514 e. The number of carbonyl (C=O) groups excluding carboxylic acids is 1. The van der Waals surface area contributed by atoms with Gasteiger partial charge in [-0.2, -0.15) is 0 Å². The molecule has 0 bridgehead atoms. The van der Waals surface area contributed by atoms with Crippen LogP contribution in [0.2, 0.25) is 0 Å². The summed E-state index contributed by atoms with van der Waals surface area (Å²) in [6, 6.07) is 5.23. The summed E-state index contributed by atoms with van der Waals surface area (Å²) in [5, 5.41) is 3.17. The topological polar surface area (TPSA) is 47.6 Å². The Morgan fingerprint density at radius 2 is 1.88 bits per heavy atom. The number of benzene rings is 1. The van der Waals surface area contributed by atoms with E-state index >= 15 is 0 Å². The Morgan fingerprint density at radius 3 is 2.53 bits per heavy atom. The van der Waals surface area contributed by atoms with Gasteiger partial charge >= 0.3 is 6.16 Å². The SMILES string of the molecule is O=C(Oc1ccc(F)cc1)OC1CCNCC1. The highest BCUT2D eigenvalue weighted by atomic mass is 19.1. The quantitative estimate of drug-likeness (QED) is 0.634. The number of rotatable bonds is 2. The molecule has 1 aromatic carbocycles. The normalized spacial score (nSPS) is 16.5. The highest BCUT2D eigenvalue weighted by molar-refractivity contribution is 5.63. The van der Waals surface area contributed by atoms with Gasteiger partial charge in [0.25, 0.3) is 0 Å². The third-order valence-corrected chi connectivity index (χ3v) is 2.56. The first-order valence-corrected chi connectivity index (χ1v) is 5.59. The highest BCUT2D eigenvalue weighted by Gasteiger charge is 2.18. The molecule has 5 heteroatoms. The monoisotopic (exact) mass is 239 g/mol. The fraction of sp³-hybridized carbons (Fsp3) is 0.417. The van der Waals surface area contributed by atoms with Crippen LogP contribution < -0.4 is 10.1 Å². The molecule has 1 aliphatic heterocycles. The van der Waals surface area contributed by atoms with Gasteiger partial charge in [-0.1, -0.05) is 0 Å². The van der Waals surface area contributed by atoms with E-state index in [2.05, 4.69) is 5.32 Å². The van der Waals surface area contributed by atoms with Gasteiger partial charge in [-0.15, -0.1) is 0 Å². The molecule has 0 atom stereocenters. The molecule has 92 valence electrons. The molecule has 1 aromatic rings. The van der Waals surface area contributed by atoms with Crippen LogP contribution in [0.15, 0.2) is 24.3 Å². The number of ether oxygens (including phenoxy) is 2. The molecule has 17 heavy (non-hydrogen) atoms. The summed E-state index contributed by atoms with van der Waals surface area (Å²) in [6.45, 7) is 1.68. The minimum absolute atomic E-state index is 0.0933. The zero-order valence-corrected chi connectivity index (χ0v) is 9.32. The predicted octanol–water partition coefficient (Wildman–Crippen LogP) is 2.09. The van der Waals surface area contributed by atoms with Gasteiger partial charge in [-0.05, 0) is 50.2 Å². The Bertz CT molecular complexity index is 374. The maximum Gasteiger partial charge on any atom is 0.514 e. The van der Waals surface area contributed by atoms with Crippen LogP contribution in [0.1, 0.15) is 12.8 Å². The van der Waals surface area contributed by atoms with Crippen molar-refractivity contribution in [1.29, 1.82) is 0 Å². The van der Waals surface area contributed by atoms with Gasteiger partial charge in [0.15, 0.2) is 0 Å². The summed E-state index contributed by atoms with van der Waals surface area (Å²) in [4.78, 5) is 11.4. The van der Waals surface area contributed by atoms with Crippen LogP contribution in [0.25, 0.3) is 0 Å². The summed E-state index contributed by atoms with van der Waals surface area (Å²) >= 11 is 0. The van der Waals surface area contributed by atoms with E-state index in [4.69, 9.17) is 9.47 Å². The smallest absolute Gasteiger partial charge is 0.431 e. The maximum atomic E-state index is 12.6. The van der Waals surface area contributed by atoms with E-state index in [0.717, 1.165) is 25.9 Å². The molecule has 1 saturated heterocycles. The van der Waals surface area contributed by atoms with Crippen LogP contribution in [-0.2, 0) is 4.74 Å². The van der Waals surface area contributed by atoms with Crippen LogP contribution in [-0.4, -0.2) is 25.3 Å². The number of hydrogen-bond acceptors (Lipinski definition) is 4. The van der Waals surface area contributed by atoms with Gasteiger partial charge in [-0.25, -0.2) is 9.18 Å². The molecule has 0 radical (unpaired) electrons. The van der Waals surface area contributed by atoms with Crippen LogP contribution >= 0.6 is 0 Å². The summed E-state index contributed by atoms with van der Waals surface area (Å²) in [6.07, 6.45) is 0.754. The van der Waals surface area contributed by atoms with Gasteiger partial charge in [0, 0.05) is 0 Å². The van der Waals surface area contributed by atoms with Gasteiger partial charge < -0.3 is 14.8 Å². The third-order valence-electron chi connectivity index (χ3n) is 2.56. The first-order chi connectivity index (χ1) is 8.24. The molecule has 0 aromatic heterocycles. The van der Waals surface area contributed by atoms with Crippen molar-refractivity contribution in [3.8, 4) is 5.75 Å². The standard InChI is InChI=1S/C12H14FNO3/c13-9-1-3-10(4-2-9)16-12(15)17-11-5-7-14-8-6-11/h1-4,11,14H,5-8H2. The molecule has 0 unspecified atom stereocenters. The van der Waals surface area contributed by atoms with Crippen LogP contribution in [0.5, 0.6) is 5.75 Å². The van der Waals surface area contributed by atoms with Gasteiger partial charge in [-0.3, -0.25) is 0 Å². The first kappa shape index (κ1) is 11.9. The van der Waals surface area contributed by atoms with Gasteiger partial charge in [0.2, 0.25) is 0 Å². The molecular formula is C12H14FNO3. The summed E-state index contributed by atoms with van der Waals surface area (Å²) in [5.74, 6) is -0.0885. The lowest BCUT2D eigenvalue weighted by atomic mass is 10.1. The average molecular weight is 239 g/mol. The van der Waals surface area contributed by atoms with E-state index in [-0.39, 0.29) is 17.7 Å². The van der Waals surface area contributed by atoms with Crippen molar-refractivity contribution in [2.45, 2.75) is 18.9 Å². The second kappa shape index (κ2) is 5.63. The second-order valence-corrected chi connectivity index (χ2v) is 3.87. The van der Waals surface area contributed by atoms with Crippen molar-refractivity contribution in [2.75, 3.05) is 13.1 Å². The van der Waals surface area contributed by atoms with Crippen molar-refractivity contribution in [2.24, 2.45) is 0 Å². The van der Waals surface area contributed by atoms with Gasteiger partial charge in [0.05, 0.1) is 0 Å². The molecular weight excluding hydrogens is 225 g/mol. The average Bonchev–Trinajstić information content (AvgIpc) is 2.33. The minimum Gasteiger partial charge on any atom is -0.431 e. The minimum atomic E-state index is -0.733. The summed E-state index contributed by atoms with van der Waals surface area (Å²) in [7, 11) is 0. The highest BCUT2D eigenvalue weighted by Crippen LogP contribution is 2.14. The molecule has 0 saturated carbocycles. The lowest BCUT2D eigenvalue weighted by Gasteiger charge is -2.22. The third kappa shape index (κ3) is 3.71. The van der Waals surface area contributed by atoms with Crippen molar-refractivity contribution in [1.82, 2.24) is 5.32 Å². The van der Waals surface area contributed by atoms with Crippen LogP contribution in [0.4, 0.5) is 9.18 Å². The number of nitrogens with one attached hydrogen (secondary N) is 1. The zero-order chi connectivity index (χ0) is 12.1. The number of hydrogen-bond donors (Lipinski definition) is 1. The lowest BCUT2D eigenvalue weighted by Crippen LogP contribution is -2.34. The number of carbonyl (C=O) groups is 1. The number of halogens is 1. The Labute approximate surface area is 98.7 Å². The Kier molecular flexibility index (Phi) is 3.93. The Morgan fingerprint density at radius 1 is 1.24 bits per heavy atom. The Hall–Kier alpha value is -1.62. The molecule has 0 spiro atoms. The second-order valence-electron chi connectivity index (χ2n) is 3.87. The zero-order valence-electron chi connectivity index (χ0n) is 9.32. The molecule has 1 heterocycles. The first-order valence-electron chi connectivity index (χ1n) is 5.59. The van der Waals surface area contributed by atoms with Crippen LogP contribution in [0, 0.1) is 5.82 Å². The van der Waals surface area contributed by atoms with E-state index in [1.54, 1.807) is 0 Å². The predicted molar refractivity (Wildman–Crippen MR) is 59.4 cm³/mol. The van der Waals surface area contributed by atoms with E-state index in [1.807, 2.05) is 0 Å². The van der Waals surface area contributed by atoms with Crippen molar-refractivity contribution in [3.05, 3.63) is 30.1 Å². The molecule has 1 N–H and O–H groups in total. The fourth-order valence-electron chi connectivity index (χ4n) is 1.67. The molecule has 1 fully saturated rings. The van der Waals surface area contributed by atoms with Gasteiger partial charge in [0.1, 0.15) is 17.7 Å². The van der Waals surface area contributed by atoms with Crippen molar-refractivity contribution < 1.29 is 18.7 Å². The summed E-state index contributed by atoms with van der Waals surface area (Å²) in [5.41, 5.74) is 0. The summed E-state index contributed by atoms with van der Waals surface area (Å²) < 4.78 is 22.7. The van der Waals surface area contributed by atoms with Crippen LogP contribution in [0.3, 0.4) is 0 Å². The lowest BCUT2D eigenvalue weighted by molar-refractivity contribution is 0.0448. The van der Waals surface area contributed by atoms with E-state index in [1.165, 1.54) is 24.3 Å². The molecule has 4 nitrogen and oxygen atoms in total. The molecule has 1 aliphatic rings. The fourth-order valence-corrected chi connectivity index (χ4v) is 1.67. The van der Waals surface area contributed by atoms with E-state index in [0.29, 0.717) is 0 Å². The van der Waals surface area contributed by atoms with E-state index in [9.17, 15) is 9.18 Å². The number of piperidine rings is 1. The molecule has 0 amide bonds. The Balaban J connectivity index is 1.82.